The summed E-state index contributed by atoms with van der Waals surface area (Å²) >= 11 is 0. The third-order valence-corrected chi connectivity index (χ3v) is 3.75. The van der Waals surface area contributed by atoms with Crippen molar-refractivity contribution in [1.29, 1.82) is 0 Å². The standard InChI is InChI=1S/C19H19NO6/c1-12(21)15-10-14(23-2)4-6-16(15)26-11-19(22)20-13-3-5-17-18(9-13)25-8-7-24-17/h3-6,9-10H,7-8,11H2,1-2H3,(H,20,22). The molecule has 1 aliphatic rings. The molecule has 26 heavy (non-hydrogen) atoms. The van der Waals surface area contributed by atoms with Crippen LogP contribution in [-0.4, -0.2) is 38.6 Å². The van der Waals surface area contributed by atoms with E-state index < -0.39 is 0 Å². The number of carbonyl (C=O) groups excluding carboxylic acids is 2. The lowest BCUT2D eigenvalue weighted by Crippen LogP contribution is -2.21. The van der Waals surface area contributed by atoms with Gasteiger partial charge in [-0.05, 0) is 37.3 Å². The monoisotopic (exact) mass is 357 g/mol. The number of fused-ring (bicyclic) bond motifs is 1. The first-order chi connectivity index (χ1) is 12.6. The molecule has 7 nitrogen and oxygen atoms in total. The van der Waals surface area contributed by atoms with Crippen LogP contribution in [0.4, 0.5) is 5.69 Å². The van der Waals surface area contributed by atoms with Gasteiger partial charge in [0.25, 0.3) is 5.91 Å². The van der Waals surface area contributed by atoms with E-state index in [4.69, 9.17) is 18.9 Å². The number of benzene rings is 2. The number of rotatable bonds is 6. The van der Waals surface area contributed by atoms with Crippen molar-refractivity contribution in [3.8, 4) is 23.0 Å². The number of Topliss-reactive ketones (excluding diaryl/α,β-unsaturated/α-hetero) is 1. The van der Waals surface area contributed by atoms with Crippen LogP contribution < -0.4 is 24.3 Å². The normalized spacial score (nSPS) is 12.2. The Kier molecular flexibility index (Phi) is 5.26. The number of nitrogens with one attached hydrogen (secondary N) is 1. The molecule has 136 valence electrons. The Bertz CT molecular complexity index is 833. The van der Waals surface area contributed by atoms with Crippen LogP contribution in [0.2, 0.25) is 0 Å². The lowest BCUT2D eigenvalue weighted by Gasteiger charge is -2.19. The van der Waals surface area contributed by atoms with Crippen molar-refractivity contribution in [3.63, 3.8) is 0 Å². The average Bonchev–Trinajstić information content (AvgIpc) is 2.66. The van der Waals surface area contributed by atoms with Crippen LogP contribution in [0.5, 0.6) is 23.0 Å². The molecule has 1 aliphatic heterocycles. The molecule has 1 heterocycles. The number of methoxy groups -OCH3 is 1. The van der Waals surface area contributed by atoms with Crippen molar-refractivity contribution in [2.45, 2.75) is 6.92 Å². The van der Waals surface area contributed by atoms with Crippen LogP contribution in [0.15, 0.2) is 36.4 Å². The van der Waals surface area contributed by atoms with Gasteiger partial charge in [0.1, 0.15) is 24.7 Å². The summed E-state index contributed by atoms with van der Waals surface area (Å²) in [5.41, 5.74) is 0.931. The Morgan fingerprint density at radius 1 is 1.08 bits per heavy atom. The maximum Gasteiger partial charge on any atom is 0.262 e. The summed E-state index contributed by atoms with van der Waals surface area (Å²) in [6.07, 6.45) is 0. The van der Waals surface area contributed by atoms with Gasteiger partial charge in [0, 0.05) is 11.8 Å². The van der Waals surface area contributed by atoms with Crippen molar-refractivity contribution < 1.29 is 28.5 Å². The summed E-state index contributed by atoms with van der Waals surface area (Å²) in [5, 5.41) is 2.72. The molecule has 3 rings (SSSR count). The number of hydrogen-bond donors (Lipinski definition) is 1. The van der Waals surface area contributed by atoms with Crippen LogP contribution in [0.25, 0.3) is 0 Å². The maximum atomic E-state index is 12.1. The zero-order valence-corrected chi connectivity index (χ0v) is 14.5. The van der Waals surface area contributed by atoms with Crippen molar-refractivity contribution in [1.82, 2.24) is 0 Å². The minimum absolute atomic E-state index is 0.175. The Morgan fingerprint density at radius 3 is 2.58 bits per heavy atom. The predicted molar refractivity (Wildman–Crippen MR) is 94.6 cm³/mol. The lowest BCUT2D eigenvalue weighted by atomic mass is 10.1. The molecule has 0 atom stereocenters. The van der Waals surface area contributed by atoms with Crippen LogP contribution in [0.3, 0.4) is 0 Å². The highest BCUT2D eigenvalue weighted by Crippen LogP contribution is 2.32. The third kappa shape index (κ3) is 4.05. The fraction of sp³-hybridized carbons (Fsp3) is 0.263. The molecular weight excluding hydrogens is 338 g/mol. The minimum Gasteiger partial charge on any atom is -0.497 e. The molecule has 2 aromatic carbocycles. The largest absolute Gasteiger partial charge is 0.497 e. The fourth-order valence-corrected chi connectivity index (χ4v) is 2.50. The zero-order chi connectivity index (χ0) is 18.5. The molecule has 2 aromatic rings. The summed E-state index contributed by atoms with van der Waals surface area (Å²) in [6.45, 7) is 2.17. The van der Waals surface area contributed by atoms with Crippen LogP contribution in [0.1, 0.15) is 17.3 Å². The molecule has 0 bridgehead atoms. The summed E-state index contributed by atoms with van der Waals surface area (Å²) in [6, 6.07) is 10.0. The van der Waals surface area contributed by atoms with Gasteiger partial charge in [0.2, 0.25) is 0 Å². The van der Waals surface area contributed by atoms with Gasteiger partial charge >= 0.3 is 0 Å². The van der Waals surface area contributed by atoms with E-state index in [1.165, 1.54) is 14.0 Å². The van der Waals surface area contributed by atoms with Crippen LogP contribution in [0, 0.1) is 0 Å². The molecule has 0 saturated carbocycles. The van der Waals surface area contributed by atoms with Gasteiger partial charge in [-0.25, -0.2) is 0 Å². The molecule has 0 aliphatic carbocycles. The molecule has 0 unspecified atom stereocenters. The molecule has 0 saturated heterocycles. The second kappa shape index (κ2) is 7.77. The molecule has 0 aromatic heterocycles. The topological polar surface area (TPSA) is 83.1 Å². The fourth-order valence-electron chi connectivity index (χ4n) is 2.50. The smallest absolute Gasteiger partial charge is 0.262 e. The first-order valence-electron chi connectivity index (χ1n) is 8.08. The van der Waals surface area contributed by atoms with E-state index in [2.05, 4.69) is 5.32 Å². The Hall–Kier alpha value is -3.22. The second-order valence-electron chi connectivity index (χ2n) is 5.61. The minimum atomic E-state index is -0.355. The molecule has 0 spiro atoms. The zero-order valence-electron chi connectivity index (χ0n) is 14.5. The number of anilines is 1. The highest BCUT2D eigenvalue weighted by molar-refractivity contribution is 5.97. The number of hydrogen-bond acceptors (Lipinski definition) is 6. The second-order valence-corrected chi connectivity index (χ2v) is 5.61. The molecule has 7 heteroatoms. The summed E-state index contributed by atoms with van der Waals surface area (Å²) in [5.74, 6) is 1.58. The number of ketones is 1. The molecule has 1 amide bonds. The SMILES string of the molecule is COc1ccc(OCC(=O)Nc2ccc3c(c2)OCCO3)c(C(C)=O)c1. The summed E-state index contributed by atoms with van der Waals surface area (Å²) < 4.78 is 21.5. The van der Waals surface area contributed by atoms with Crippen molar-refractivity contribution >= 4 is 17.4 Å². The highest BCUT2D eigenvalue weighted by Gasteiger charge is 2.14. The van der Waals surface area contributed by atoms with Crippen molar-refractivity contribution in [2.75, 3.05) is 32.2 Å². The van der Waals surface area contributed by atoms with Crippen molar-refractivity contribution in [3.05, 3.63) is 42.0 Å². The van der Waals surface area contributed by atoms with Gasteiger partial charge in [-0.2, -0.15) is 0 Å². The Balaban J connectivity index is 1.63. The average molecular weight is 357 g/mol. The van der Waals surface area contributed by atoms with E-state index in [1.54, 1.807) is 36.4 Å². The Morgan fingerprint density at radius 2 is 1.85 bits per heavy atom. The van der Waals surface area contributed by atoms with Crippen LogP contribution >= 0.6 is 0 Å². The lowest BCUT2D eigenvalue weighted by molar-refractivity contribution is -0.118. The summed E-state index contributed by atoms with van der Waals surface area (Å²) in [7, 11) is 1.51. The van der Waals surface area contributed by atoms with Crippen molar-refractivity contribution in [2.24, 2.45) is 0 Å². The number of ether oxygens (including phenoxy) is 4. The molecule has 0 fully saturated rings. The third-order valence-electron chi connectivity index (χ3n) is 3.75. The Labute approximate surface area is 150 Å². The predicted octanol–water partition coefficient (Wildman–Crippen LogP) is 2.69. The van der Waals surface area contributed by atoms with Gasteiger partial charge in [-0.1, -0.05) is 0 Å². The van der Waals surface area contributed by atoms with Gasteiger partial charge in [-0.15, -0.1) is 0 Å². The number of amides is 1. The van der Waals surface area contributed by atoms with Crippen LogP contribution in [-0.2, 0) is 4.79 Å². The number of carbonyl (C=O) groups is 2. The van der Waals surface area contributed by atoms with E-state index in [1.807, 2.05) is 0 Å². The van der Waals surface area contributed by atoms with Gasteiger partial charge < -0.3 is 24.3 Å². The van der Waals surface area contributed by atoms with Gasteiger partial charge in [-0.3, -0.25) is 9.59 Å². The molecule has 1 N–H and O–H groups in total. The molecular formula is C19H19NO6. The first kappa shape index (κ1) is 17.6. The van der Waals surface area contributed by atoms with E-state index >= 15 is 0 Å². The van der Waals surface area contributed by atoms with E-state index in [-0.39, 0.29) is 18.3 Å². The van der Waals surface area contributed by atoms with Gasteiger partial charge in [0.15, 0.2) is 23.9 Å². The highest BCUT2D eigenvalue weighted by atomic mass is 16.6. The first-order valence-corrected chi connectivity index (χ1v) is 8.08. The maximum absolute atomic E-state index is 12.1. The quantitative estimate of drug-likeness (QED) is 0.801. The van der Waals surface area contributed by atoms with E-state index in [0.717, 1.165) is 0 Å². The van der Waals surface area contributed by atoms with E-state index in [0.29, 0.717) is 47.5 Å². The summed E-state index contributed by atoms with van der Waals surface area (Å²) in [4.78, 5) is 23.9. The van der Waals surface area contributed by atoms with Gasteiger partial charge in [0.05, 0.1) is 12.7 Å². The van der Waals surface area contributed by atoms with E-state index in [9.17, 15) is 9.59 Å². The molecule has 0 radical (unpaired) electrons.